The molecule has 1 aromatic heterocycles. The zero-order valence-corrected chi connectivity index (χ0v) is 12.4. The van der Waals surface area contributed by atoms with Crippen LogP contribution in [0, 0.1) is 0 Å². The molecule has 0 N–H and O–H groups in total. The number of ketones is 1. The van der Waals surface area contributed by atoms with E-state index in [9.17, 15) is 9.59 Å². The Kier molecular flexibility index (Phi) is 5.40. The number of carbonyl (C=O) groups excluding carboxylic acids is 2. The summed E-state index contributed by atoms with van der Waals surface area (Å²) < 4.78 is 0.613. The summed E-state index contributed by atoms with van der Waals surface area (Å²) in [4.78, 5) is 26.5. The average molecular weight is 300 g/mol. The minimum absolute atomic E-state index is 0.0140. The molecule has 3 nitrogen and oxygen atoms in total. The largest absolute Gasteiger partial charge is 0.343 e. The van der Waals surface area contributed by atoms with Crippen molar-refractivity contribution < 1.29 is 9.59 Å². The molecule has 0 spiro atoms. The Morgan fingerprint density at radius 1 is 1.11 bits per heavy atom. The zero-order valence-electron chi connectivity index (χ0n) is 10.9. The van der Waals surface area contributed by atoms with E-state index in [0.717, 1.165) is 25.9 Å². The van der Waals surface area contributed by atoms with Gasteiger partial charge in [0.05, 0.1) is 9.21 Å². The molecule has 1 aliphatic rings. The number of amides is 1. The highest BCUT2D eigenvalue weighted by atomic mass is 35.5. The third kappa shape index (κ3) is 4.32. The highest BCUT2D eigenvalue weighted by Crippen LogP contribution is 2.23. The van der Waals surface area contributed by atoms with Crippen molar-refractivity contribution in [1.29, 1.82) is 0 Å². The number of nitrogens with zero attached hydrogens (tertiary/aromatic N) is 1. The molecule has 0 bridgehead atoms. The van der Waals surface area contributed by atoms with E-state index in [1.165, 1.54) is 24.2 Å². The average Bonchev–Trinajstić information content (AvgIpc) is 2.68. The molecule has 1 amide bonds. The number of thiophene rings is 1. The number of hydrogen-bond acceptors (Lipinski definition) is 3. The summed E-state index contributed by atoms with van der Waals surface area (Å²) in [6.07, 6.45) is 5.17. The van der Waals surface area contributed by atoms with Crippen molar-refractivity contribution in [3.8, 4) is 0 Å². The van der Waals surface area contributed by atoms with Crippen molar-refractivity contribution in [3.05, 3.63) is 21.3 Å². The van der Waals surface area contributed by atoms with Gasteiger partial charge in [0.1, 0.15) is 0 Å². The molecule has 1 aromatic rings. The van der Waals surface area contributed by atoms with Gasteiger partial charge in [-0.1, -0.05) is 24.4 Å². The van der Waals surface area contributed by atoms with Crippen LogP contribution in [0.4, 0.5) is 0 Å². The lowest BCUT2D eigenvalue weighted by Gasteiger charge is -2.19. The number of halogens is 1. The van der Waals surface area contributed by atoms with Gasteiger partial charge in [-0.25, -0.2) is 0 Å². The van der Waals surface area contributed by atoms with Crippen LogP contribution in [0.25, 0.3) is 0 Å². The summed E-state index contributed by atoms with van der Waals surface area (Å²) in [5, 5.41) is 0. The molecule has 19 heavy (non-hydrogen) atoms. The fraction of sp³-hybridized carbons (Fsp3) is 0.571. The Labute approximate surface area is 122 Å². The standard InChI is InChI=1S/C14H18ClNO2S/c15-13-7-6-12(19-13)11(17)5-8-14(18)16-9-3-1-2-4-10-16/h6-7H,1-5,8-10H2. The second-order valence-electron chi connectivity index (χ2n) is 4.82. The van der Waals surface area contributed by atoms with E-state index in [0.29, 0.717) is 15.6 Å². The van der Waals surface area contributed by atoms with Gasteiger partial charge in [0.2, 0.25) is 5.91 Å². The monoisotopic (exact) mass is 299 g/mol. The molecular weight excluding hydrogens is 282 g/mol. The maximum Gasteiger partial charge on any atom is 0.223 e. The van der Waals surface area contributed by atoms with Crippen molar-refractivity contribution in [1.82, 2.24) is 4.90 Å². The molecule has 0 saturated carbocycles. The molecule has 0 unspecified atom stereocenters. The van der Waals surface area contributed by atoms with Crippen LogP contribution in [0.2, 0.25) is 4.34 Å². The van der Waals surface area contributed by atoms with Crippen LogP contribution in [-0.2, 0) is 4.79 Å². The number of rotatable bonds is 4. The highest BCUT2D eigenvalue weighted by Gasteiger charge is 2.17. The van der Waals surface area contributed by atoms with Gasteiger partial charge in [0.15, 0.2) is 5.78 Å². The molecule has 0 atom stereocenters. The SMILES string of the molecule is O=C(CCC(=O)N1CCCCCC1)c1ccc(Cl)s1. The first-order valence-electron chi connectivity index (χ1n) is 6.73. The Morgan fingerprint density at radius 3 is 2.37 bits per heavy atom. The van der Waals surface area contributed by atoms with Gasteiger partial charge >= 0.3 is 0 Å². The van der Waals surface area contributed by atoms with Gasteiger partial charge < -0.3 is 4.90 Å². The number of hydrogen-bond donors (Lipinski definition) is 0. The van der Waals surface area contributed by atoms with Crippen LogP contribution >= 0.6 is 22.9 Å². The Bertz CT molecular complexity index is 450. The van der Waals surface area contributed by atoms with Crippen LogP contribution in [0.3, 0.4) is 0 Å². The lowest BCUT2D eigenvalue weighted by Crippen LogP contribution is -2.31. The molecule has 1 fully saturated rings. The molecule has 5 heteroatoms. The molecular formula is C14H18ClNO2S. The summed E-state index contributed by atoms with van der Waals surface area (Å²) in [6, 6.07) is 3.45. The van der Waals surface area contributed by atoms with E-state index < -0.39 is 0 Å². The maximum atomic E-state index is 12.0. The van der Waals surface area contributed by atoms with Crippen molar-refractivity contribution in [3.63, 3.8) is 0 Å². The Morgan fingerprint density at radius 2 is 1.79 bits per heavy atom. The van der Waals surface area contributed by atoms with Crippen LogP contribution in [0.5, 0.6) is 0 Å². The molecule has 1 aliphatic heterocycles. The van der Waals surface area contributed by atoms with E-state index in [-0.39, 0.29) is 18.1 Å². The van der Waals surface area contributed by atoms with E-state index >= 15 is 0 Å². The van der Waals surface area contributed by atoms with Crippen LogP contribution < -0.4 is 0 Å². The van der Waals surface area contributed by atoms with Crippen LogP contribution in [-0.4, -0.2) is 29.7 Å². The molecule has 1 saturated heterocycles. The summed E-state index contributed by atoms with van der Waals surface area (Å²) in [7, 11) is 0. The van der Waals surface area contributed by atoms with Crippen molar-refractivity contribution in [2.45, 2.75) is 38.5 Å². The maximum absolute atomic E-state index is 12.0. The third-order valence-corrected chi connectivity index (χ3v) is 4.64. The summed E-state index contributed by atoms with van der Waals surface area (Å²) >= 11 is 7.08. The van der Waals surface area contributed by atoms with Gasteiger partial charge in [-0.2, -0.15) is 0 Å². The number of Topliss-reactive ketones (excluding diaryl/α,β-unsaturated/α-hetero) is 1. The topological polar surface area (TPSA) is 37.4 Å². The van der Waals surface area contributed by atoms with E-state index in [1.807, 2.05) is 4.90 Å². The predicted molar refractivity (Wildman–Crippen MR) is 77.9 cm³/mol. The first kappa shape index (κ1) is 14.5. The highest BCUT2D eigenvalue weighted by molar-refractivity contribution is 7.18. The van der Waals surface area contributed by atoms with Gasteiger partial charge in [0.25, 0.3) is 0 Å². The quantitative estimate of drug-likeness (QED) is 0.794. The Balaban J connectivity index is 1.81. The second-order valence-corrected chi connectivity index (χ2v) is 6.54. The smallest absolute Gasteiger partial charge is 0.223 e. The number of carbonyl (C=O) groups is 2. The molecule has 2 heterocycles. The summed E-state index contributed by atoms with van der Waals surface area (Å²) in [5.41, 5.74) is 0. The minimum Gasteiger partial charge on any atom is -0.343 e. The summed E-state index contributed by atoms with van der Waals surface area (Å²) in [5.74, 6) is 0.123. The number of likely N-dealkylation sites (tertiary alicyclic amines) is 1. The lowest BCUT2D eigenvalue weighted by atomic mass is 10.2. The van der Waals surface area contributed by atoms with E-state index in [1.54, 1.807) is 12.1 Å². The van der Waals surface area contributed by atoms with Crippen LogP contribution in [0.1, 0.15) is 48.2 Å². The summed E-state index contributed by atoms with van der Waals surface area (Å²) in [6.45, 7) is 1.69. The Hall–Kier alpha value is -0.870. The van der Waals surface area contributed by atoms with E-state index in [4.69, 9.17) is 11.6 Å². The zero-order chi connectivity index (χ0) is 13.7. The van der Waals surface area contributed by atoms with Gasteiger partial charge in [-0.05, 0) is 25.0 Å². The van der Waals surface area contributed by atoms with Gasteiger partial charge in [0, 0.05) is 25.9 Å². The third-order valence-electron chi connectivity index (χ3n) is 3.37. The molecule has 0 aromatic carbocycles. The fourth-order valence-corrected chi connectivity index (χ4v) is 3.30. The molecule has 104 valence electrons. The van der Waals surface area contributed by atoms with Crippen molar-refractivity contribution >= 4 is 34.6 Å². The normalized spacial score (nSPS) is 16.2. The van der Waals surface area contributed by atoms with E-state index in [2.05, 4.69) is 0 Å². The van der Waals surface area contributed by atoms with Crippen molar-refractivity contribution in [2.75, 3.05) is 13.1 Å². The lowest BCUT2D eigenvalue weighted by molar-refractivity contribution is -0.131. The van der Waals surface area contributed by atoms with Gasteiger partial charge in [-0.15, -0.1) is 11.3 Å². The van der Waals surface area contributed by atoms with Gasteiger partial charge in [-0.3, -0.25) is 9.59 Å². The predicted octanol–water partition coefficient (Wildman–Crippen LogP) is 3.77. The van der Waals surface area contributed by atoms with Crippen molar-refractivity contribution in [2.24, 2.45) is 0 Å². The molecule has 0 radical (unpaired) electrons. The molecule has 0 aliphatic carbocycles. The molecule has 2 rings (SSSR count). The first-order chi connectivity index (χ1) is 9.16. The fourth-order valence-electron chi connectivity index (χ4n) is 2.29. The second kappa shape index (κ2) is 7.06. The van der Waals surface area contributed by atoms with Crippen LogP contribution in [0.15, 0.2) is 12.1 Å². The minimum atomic E-state index is 0.0140. The first-order valence-corrected chi connectivity index (χ1v) is 7.92.